The monoisotopic (exact) mass is 483 g/mol. The van der Waals surface area contributed by atoms with Crippen LogP contribution < -0.4 is 20.5 Å². The van der Waals surface area contributed by atoms with Crippen molar-refractivity contribution in [2.45, 2.75) is 26.8 Å². The summed E-state index contributed by atoms with van der Waals surface area (Å²) in [5, 5.41) is 3.24. The number of halogens is 1. The molecule has 0 fully saturated rings. The normalized spacial score (nSPS) is 11.5. The van der Waals surface area contributed by atoms with Crippen molar-refractivity contribution in [1.82, 2.24) is 5.32 Å². The lowest BCUT2D eigenvalue weighted by atomic mass is 9.86. The summed E-state index contributed by atoms with van der Waals surface area (Å²) in [6.45, 7) is 5.67. The SMILES string of the molecule is COc1ccc(CN=C(N)NCC(C)(C)Cc2ccccc2)cc1OC.I. The van der Waals surface area contributed by atoms with E-state index in [2.05, 4.69) is 48.4 Å². The van der Waals surface area contributed by atoms with Crippen LogP contribution in [0, 0.1) is 5.41 Å². The van der Waals surface area contributed by atoms with Gasteiger partial charge >= 0.3 is 0 Å². The van der Waals surface area contributed by atoms with E-state index < -0.39 is 0 Å². The molecule has 0 aromatic heterocycles. The number of guanidine groups is 1. The maximum atomic E-state index is 6.03. The van der Waals surface area contributed by atoms with Crippen molar-refractivity contribution >= 4 is 29.9 Å². The van der Waals surface area contributed by atoms with Crippen LogP contribution in [0.2, 0.25) is 0 Å². The minimum absolute atomic E-state index is 0. The Labute approximate surface area is 179 Å². The fourth-order valence-corrected chi connectivity index (χ4v) is 2.75. The number of hydrogen-bond donors (Lipinski definition) is 2. The van der Waals surface area contributed by atoms with Crippen LogP contribution in [-0.4, -0.2) is 26.7 Å². The molecule has 2 rings (SSSR count). The largest absolute Gasteiger partial charge is 0.493 e. The predicted molar refractivity (Wildman–Crippen MR) is 122 cm³/mol. The Morgan fingerprint density at radius 3 is 2.30 bits per heavy atom. The molecule has 0 bridgehead atoms. The van der Waals surface area contributed by atoms with Crippen molar-refractivity contribution in [2.75, 3.05) is 20.8 Å². The van der Waals surface area contributed by atoms with Gasteiger partial charge in [0, 0.05) is 6.54 Å². The number of benzene rings is 2. The van der Waals surface area contributed by atoms with Crippen molar-refractivity contribution in [3.8, 4) is 11.5 Å². The van der Waals surface area contributed by atoms with Gasteiger partial charge in [0.25, 0.3) is 0 Å². The van der Waals surface area contributed by atoms with Gasteiger partial charge in [-0.2, -0.15) is 0 Å². The molecule has 0 radical (unpaired) electrons. The van der Waals surface area contributed by atoms with Gasteiger partial charge in [0.2, 0.25) is 0 Å². The van der Waals surface area contributed by atoms with E-state index in [0.717, 1.165) is 18.5 Å². The molecule has 2 aromatic carbocycles. The Hall–Kier alpha value is -1.96. The lowest BCUT2D eigenvalue weighted by Crippen LogP contribution is -2.39. The Bertz CT molecular complexity index is 733. The van der Waals surface area contributed by atoms with E-state index in [1.54, 1.807) is 14.2 Å². The number of nitrogens with zero attached hydrogens (tertiary/aromatic N) is 1. The number of rotatable bonds is 8. The van der Waals surface area contributed by atoms with Crippen LogP contribution in [0.4, 0.5) is 0 Å². The molecule has 6 heteroatoms. The summed E-state index contributed by atoms with van der Waals surface area (Å²) < 4.78 is 10.6. The van der Waals surface area contributed by atoms with E-state index in [9.17, 15) is 0 Å². The lowest BCUT2D eigenvalue weighted by molar-refractivity contribution is 0.354. The minimum atomic E-state index is 0. The molecule has 3 N–H and O–H groups in total. The highest BCUT2D eigenvalue weighted by Gasteiger charge is 2.18. The summed E-state index contributed by atoms with van der Waals surface area (Å²) >= 11 is 0. The molecule has 0 unspecified atom stereocenters. The van der Waals surface area contributed by atoms with Crippen molar-refractivity contribution in [2.24, 2.45) is 16.1 Å². The number of aliphatic imine (C=N–C) groups is 1. The summed E-state index contributed by atoms with van der Waals surface area (Å²) in [7, 11) is 3.24. The van der Waals surface area contributed by atoms with E-state index in [4.69, 9.17) is 15.2 Å². The zero-order valence-electron chi connectivity index (χ0n) is 16.5. The van der Waals surface area contributed by atoms with Crippen molar-refractivity contribution in [1.29, 1.82) is 0 Å². The Morgan fingerprint density at radius 1 is 1.00 bits per heavy atom. The Kier molecular flexibility index (Phi) is 9.41. The third-order valence-corrected chi connectivity index (χ3v) is 4.15. The molecular weight excluding hydrogens is 453 g/mol. The van der Waals surface area contributed by atoms with Gasteiger partial charge in [-0.05, 0) is 35.1 Å². The number of methoxy groups -OCH3 is 2. The second kappa shape index (κ2) is 11.0. The first-order valence-corrected chi connectivity index (χ1v) is 8.72. The van der Waals surface area contributed by atoms with Gasteiger partial charge in [-0.25, -0.2) is 4.99 Å². The maximum Gasteiger partial charge on any atom is 0.188 e. The standard InChI is InChI=1S/C21H29N3O2.HI/c1-21(2,13-16-8-6-5-7-9-16)15-24-20(22)23-14-17-10-11-18(25-3)19(12-17)26-4;/h5-12H,13-15H2,1-4H3,(H3,22,23,24);1H. The molecule has 0 aliphatic rings. The second-order valence-electron chi connectivity index (χ2n) is 7.07. The number of nitrogens with two attached hydrogens (primary N) is 1. The summed E-state index contributed by atoms with van der Waals surface area (Å²) in [5.74, 6) is 1.84. The fraction of sp³-hybridized carbons (Fsp3) is 0.381. The molecule has 0 saturated heterocycles. The van der Waals surface area contributed by atoms with Crippen LogP contribution >= 0.6 is 24.0 Å². The van der Waals surface area contributed by atoms with E-state index in [0.29, 0.717) is 24.0 Å². The highest BCUT2D eigenvalue weighted by atomic mass is 127. The Morgan fingerprint density at radius 2 is 1.67 bits per heavy atom. The molecule has 0 saturated carbocycles. The topological polar surface area (TPSA) is 68.9 Å². The molecular formula is C21H30IN3O2. The molecule has 148 valence electrons. The predicted octanol–water partition coefficient (Wildman–Crippen LogP) is 4.00. The van der Waals surface area contributed by atoms with Crippen molar-refractivity contribution < 1.29 is 9.47 Å². The van der Waals surface area contributed by atoms with Gasteiger partial charge in [0.05, 0.1) is 20.8 Å². The molecule has 0 spiro atoms. The number of hydrogen-bond acceptors (Lipinski definition) is 3. The van der Waals surface area contributed by atoms with Crippen LogP contribution in [0.15, 0.2) is 53.5 Å². The van der Waals surface area contributed by atoms with Gasteiger partial charge in [-0.3, -0.25) is 0 Å². The van der Waals surface area contributed by atoms with E-state index in [1.165, 1.54) is 5.56 Å². The quantitative estimate of drug-likeness (QED) is 0.339. The molecule has 0 heterocycles. The first-order chi connectivity index (χ1) is 12.4. The van der Waals surface area contributed by atoms with E-state index >= 15 is 0 Å². The minimum Gasteiger partial charge on any atom is -0.493 e. The molecule has 0 amide bonds. The van der Waals surface area contributed by atoms with Gasteiger partial charge in [-0.15, -0.1) is 24.0 Å². The van der Waals surface area contributed by atoms with E-state index in [1.807, 2.05) is 24.3 Å². The van der Waals surface area contributed by atoms with Crippen molar-refractivity contribution in [3.63, 3.8) is 0 Å². The smallest absolute Gasteiger partial charge is 0.188 e. The molecule has 0 aliphatic heterocycles. The zero-order chi connectivity index (χ0) is 19.0. The van der Waals surface area contributed by atoms with Gasteiger partial charge in [0.15, 0.2) is 17.5 Å². The summed E-state index contributed by atoms with van der Waals surface area (Å²) in [6.07, 6.45) is 0.976. The van der Waals surface area contributed by atoms with Crippen LogP contribution in [0.5, 0.6) is 11.5 Å². The third kappa shape index (κ3) is 7.66. The van der Waals surface area contributed by atoms with E-state index in [-0.39, 0.29) is 29.4 Å². The summed E-state index contributed by atoms with van der Waals surface area (Å²) in [4.78, 5) is 4.42. The molecule has 2 aromatic rings. The highest BCUT2D eigenvalue weighted by molar-refractivity contribution is 14.0. The fourth-order valence-electron chi connectivity index (χ4n) is 2.75. The molecule has 0 aliphatic carbocycles. The first-order valence-electron chi connectivity index (χ1n) is 8.72. The van der Waals surface area contributed by atoms with Gasteiger partial charge < -0.3 is 20.5 Å². The van der Waals surface area contributed by atoms with Crippen LogP contribution in [0.1, 0.15) is 25.0 Å². The first kappa shape index (κ1) is 23.1. The highest BCUT2D eigenvalue weighted by Crippen LogP contribution is 2.27. The molecule has 0 atom stereocenters. The van der Waals surface area contributed by atoms with Gasteiger partial charge in [0.1, 0.15) is 0 Å². The Balaban J connectivity index is 0.00000364. The van der Waals surface area contributed by atoms with Crippen molar-refractivity contribution in [3.05, 3.63) is 59.7 Å². The third-order valence-electron chi connectivity index (χ3n) is 4.15. The molecule has 27 heavy (non-hydrogen) atoms. The summed E-state index contributed by atoms with van der Waals surface area (Å²) in [5.41, 5.74) is 8.44. The maximum absolute atomic E-state index is 6.03. The zero-order valence-corrected chi connectivity index (χ0v) is 18.8. The van der Waals surface area contributed by atoms with Crippen LogP contribution in [0.25, 0.3) is 0 Å². The van der Waals surface area contributed by atoms with Gasteiger partial charge in [-0.1, -0.05) is 50.2 Å². The average molecular weight is 483 g/mol. The van der Waals surface area contributed by atoms with Crippen LogP contribution in [0.3, 0.4) is 0 Å². The number of ether oxygens (including phenoxy) is 2. The summed E-state index contributed by atoms with van der Waals surface area (Å²) in [6, 6.07) is 16.2. The lowest BCUT2D eigenvalue weighted by Gasteiger charge is -2.25. The number of nitrogens with one attached hydrogen (secondary N) is 1. The molecule has 5 nitrogen and oxygen atoms in total. The van der Waals surface area contributed by atoms with Crippen LogP contribution in [-0.2, 0) is 13.0 Å². The second-order valence-corrected chi connectivity index (χ2v) is 7.07. The average Bonchev–Trinajstić information content (AvgIpc) is 2.65.